The smallest absolute Gasteiger partial charge is 0.196 e. The third kappa shape index (κ3) is 2.01. The van der Waals surface area contributed by atoms with E-state index in [0.29, 0.717) is 11.1 Å². The first kappa shape index (κ1) is 12.4. The Bertz CT molecular complexity index is 583. The van der Waals surface area contributed by atoms with E-state index in [4.69, 9.17) is 4.74 Å². The standard InChI is InChI=1S/C14H16N2O2/c1-9-13(10(2)16(3)15-9)14(17)11-5-7-12(18-4)8-6-11/h5-8H,1-4H3. The molecule has 0 saturated heterocycles. The van der Waals surface area contributed by atoms with Crippen molar-refractivity contribution in [3.8, 4) is 5.75 Å². The second-order valence-corrected chi connectivity index (χ2v) is 4.23. The van der Waals surface area contributed by atoms with Crippen LogP contribution in [0.1, 0.15) is 27.3 Å². The molecular formula is C14H16N2O2. The topological polar surface area (TPSA) is 44.1 Å². The molecule has 1 heterocycles. The first-order valence-corrected chi connectivity index (χ1v) is 5.73. The first-order chi connectivity index (χ1) is 8.54. The Morgan fingerprint density at radius 2 is 1.83 bits per heavy atom. The molecule has 94 valence electrons. The highest BCUT2D eigenvalue weighted by Gasteiger charge is 2.18. The number of rotatable bonds is 3. The van der Waals surface area contributed by atoms with E-state index < -0.39 is 0 Å². The van der Waals surface area contributed by atoms with Gasteiger partial charge >= 0.3 is 0 Å². The van der Waals surface area contributed by atoms with Gasteiger partial charge in [-0.2, -0.15) is 5.10 Å². The van der Waals surface area contributed by atoms with Crippen LogP contribution in [0.2, 0.25) is 0 Å². The summed E-state index contributed by atoms with van der Waals surface area (Å²) in [6.07, 6.45) is 0. The number of carbonyl (C=O) groups is 1. The van der Waals surface area contributed by atoms with Gasteiger partial charge in [0.25, 0.3) is 0 Å². The monoisotopic (exact) mass is 244 g/mol. The summed E-state index contributed by atoms with van der Waals surface area (Å²) in [6.45, 7) is 3.75. The van der Waals surface area contributed by atoms with Crippen LogP contribution in [0.25, 0.3) is 0 Å². The molecule has 0 bridgehead atoms. The number of hydrogen-bond donors (Lipinski definition) is 0. The summed E-state index contributed by atoms with van der Waals surface area (Å²) in [5.41, 5.74) is 2.97. The number of aryl methyl sites for hydroxylation is 2. The zero-order chi connectivity index (χ0) is 13.3. The molecule has 0 spiro atoms. The molecule has 0 fully saturated rings. The number of benzene rings is 1. The van der Waals surface area contributed by atoms with Crippen molar-refractivity contribution in [2.75, 3.05) is 7.11 Å². The molecule has 1 aromatic carbocycles. The van der Waals surface area contributed by atoms with Crippen molar-refractivity contribution in [3.63, 3.8) is 0 Å². The van der Waals surface area contributed by atoms with Crippen molar-refractivity contribution in [2.24, 2.45) is 7.05 Å². The van der Waals surface area contributed by atoms with Crippen molar-refractivity contribution in [2.45, 2.75) is 13.8 Å². The number of nitrogens with zero attached hydrogens (tertiary/aromatic N) is 2. The van der Waals surface area contributed by atoms with Gasteiger partial charge in [0.05, 0.1) is 18.4 Å². The zero-order valence-electron chi connectivity index (χ0n) is 11.0. The van der Waals surface area contributed by atoms with Gasteiger partial charge in [0, 0.05) is 18.3 Å². The normalized spacial score (nSPS) is 10.4. The highest BCUT2D eigenvalue weighted by Crippen LogP contribution is 2.19. The van der Waals surface area contributed by atoms with Crippen molar-refractivity contribution in [1.82, 2.24) is 9.78 Å². The van der Waals surface area contributed by atoms with E-state index in [-0.39, 0.29) is 5.78 Å². The maximum absolute atomic E-state index is 12.4. The van der Waals surface area contributed by atoms with Gasteiger partial charge in [0.2, 0.25) is 0 Å². The van der Waals surface area contributed by atoms with Crippen LogP contribution in [0.4, 0.5) is 0 Å². The van der Waals surface area contributed by atoms with E-state index >= 15 is 0 Å². The van der Waals surface area contributed by atoms with Crippen molar-refractivity contribution < 1.29 is 9.53 Å². The third-order valence-electron chi connectivity index (χ3n) is 3.09. The summed E-state index contributed by atoms with van der Waals surface area (Å²) in [5.74, 6) is 0.743. The van der Waals surface area contributed by atoms with Crippen LogP contribution in [-0.4, -0.2) is 22.7 Å². The molecule has 4 nitrogen and oxygen atoms in total. The third-order valence-corrected chi connectivity index (χ3v) is 3.09. The largest absolute Gasteiger partial charge is 0.497 e. The van der Waals surface area contributed by atoms with Crippen LogP contribution in [0.3, 0.4) is 0 Å². The lowest BCUT2D eigenvalue weighted by atomic mass is 10.0. The molecule has 0 amide bonds. The molecule has 18 heavy (non-hydrogen) atoms. The fourth-order valence-corrected chi connectivity index (χ4v) is 1.99. The summed E-state index contributed by atoms with van der Waals surface area (Å²) in [7, 11) is 3.44. The summed E-state index contributed by atoms with van der Waals surface area (Å²) >= 11 is 0. The molecule has 0 radical (unpaired) electrons. The van der Waals surface area contributed by atoms with Crippen LogP contribution >= 0.6 is 0 Å². The average Bonchev–Trinajstić information content (AvgIpc) is 2.63. The quantitative estimate of drug-likeness (QED) is 0.778. The maximum Gasteiger partial charge on any atom is 0.196 e. The van der Waals surface area contributed by atoms with Gasteiger partial charge in [-0.3, -0.25) is 9.48 Å². The van der Waals surface area contributed by atoms with E-state index in [2.05, 4.69) is 5.10 Å². The molecule has 4 heteroatoms. The second kappa shape index (κ2) is 4.64. The molecule has 1 aromatic heterocycles. The van der Waals surface area contributed by atoms with E-state index in [0.717, 1.165) is 17.1 Å². The fourth-order valence-electron chi connectivity index (χ4n) is 1.99. The molecular weight excluding hydrogens is 228 g/mol. The molecule has 0 aliphatic heterocycles. The highest BCUT2D eigenvalue weighted by molar-refractivity contribution is 6.10. The lowest BCUT2D eigenvalue weighted by molar-refractivity contribution is 0.103. The number of ether oxygens (including phenoxy) is 1. The number of hydrogen-bond acceptors (Lipinski definition) is 3. The minimum Gasteiger partial charge on any atom is -0.497 e. The Morgan fingerprint density at radius 3 is 2.28 bits per heavy atom. The number of ketones is 1. The molecule has 0 N–H and O–H groups in total. The SMILES string of the molecule is COc1ccc(C(=O)c2c(C)nn(C)c2C)cc1. The zero-order valence-corrected chi connectivity index (χ0v) is 11.0. The second-order valence-electron chi connectivity index (χ2n) is 4.23. The Morgan fingerprint density at radius 1 is 1.22 bits per heavy atom. The Hall–Kier alpha value is -2.10. The van der Waals surface area contributed by atoms with Crippen molar-refractivity contribution in [3.05, 3.63) is 46.8 Å². The van der Waals surface area contributed by atoms with E-state index in [9.17, 15) is 4.79 Å². The minimum absolute atomic E-state index is 0.000697. The summed E-state index contributed by atoms with van der Waals surface area (Å²) < 4.78 is 6.81. The van der Waals surface area contributed by atoms with Crippen LogP contribution in [0, 0.1) is 13.8 Å². The summed E-state index contributed by atoms with van der Waals surface area (Å²) in [6, 6.07) is 7.11. The summed E-state index contributed by atoms with van der Waals surface area (Å²) in [4.78, 5) is 12.4. The Kier molecular flexibility index (Phi) is 3.19. The van der Waals surface area contributed by atoms with Crippen LogP contribution in [0.5, 0.6) is 5.75 Å². The van der Waals surface area contributed by atoms with E-state index in [1.807, 2.05) is 20.9 Å². The Labute approximate surface area is 106 Å². The highest BCUT2D eigenvalue weighted by atomic mass is 16.5. The molecule has 0 saturated carbocycles. The van der Waals surface area contributed by atoms with Crippen molar-refractivity contribution >= 4 is 5.78 Å². The number of aromatic nitrogens is 2. The van der Waals surface area contributed by atoms with Gasteiger partial charge in [-0.15, -0.1) is 0 Å². The molecule has 0 unspecified atom stereocenters. The van der Waals surface area contributed by atoms with E-state index in [1.54, 1.807) is 36.1 Å². The molecule has 2 rings (SSSR count). The predicted molar refractivity (Wildman–Crippen MR) is 69.1 cm³/mol. The van der Waals surface area contributed by atoms with Crippen LogP contribution < -0.4 is 4.74 Å². The Balaban J connectivity index is 2.41. The average molecular weight is 244 g/mol. The number of carbonyl (C=O) groups excluding carboxylic acids is 1. The van der Waals surface area contributed by atoms with Gasteiger partial charge in [0.1, 0.15) is 5.75 Å². The van der Waals surface area contributed by atoms with Gasteiger partial charge in [-0.25, -0.2) is 0 Å². The lowest BCUT2D eigenvalue weighted by Crippen LogP contribution is -2.04. The molecule has 0 aliphatic carbocycles. The number of methoxy groups -OCH3 is 1. The van der Waals surface area contributed by atoms with Crippen LogP contribution in [-0.2, 0) is 7.05 Å². The van der Waals surface area contributed by atoms with Crippen LogP contribution in [0.15, 0.2) is 24.3 Å². The van der Waals surface area contributed by atoms with Crippen molar-refractivity contribution in [1.29, 1.82) is 0 Å². The maximum atomic E-state index is 12.4. The molecule has 0 aliphatic rings. The molecule has 0 atom stereocenters. The predicted octanol–water partition coefficient (Wildman–Crippen LogP) is 2.28. The van der Waals surface area contributed by atoms with Gasteiger partial charge in [-0.1, -0.05) is 0 Å². The van der Waals surface area contributed by atoms with Gasteiger partial charge in [0.15, 0.2) is 5.78 Å². The first-order valence-electron chi connectivity index (χ1n) is 5.73. The summed E-state index contributed by atoms with van der Waals surface area (Å²) in [5, 5.41) is 4.26. The lowest BCUT2D eigenvalue weighted by Gasteiger charge is -2.03. The van der Waals surface area contributed by atoms with Gasteiger partial charge in [-0.05, 0) is 38.1 Å². The molecule has 2 aromatic rings. The minimum atomic E-state index is 0.000697. The van der Waals surface area contributed by atoms with E-state index in [1.165, 1.54) is 0 Å². The fraction of sp³-hybridized carbons (Fsp3) is 0.286. The van der Waals surface area contributed by atoms with Gasteiger partial charge < -0.3 is 4.74 Å².